The Hall–Kier alpha value is -1.33. The van der Waals surface area contributed by atoms with Crippen molar-refractivity contribution in [2.75, 3.05) is 11.9 Å². The largest absolute Gasteiger partial charge is 0.375 e. The Kier molecular flexibility index (Phi) is 4.38. The number of nitrogens with zero attached hydrogens (tertiary/aromatic N) is 2. The SMILES string of the molecule is CCn1cncc1C(CN)Nc1cccc(Br)c1. The lowest BCUT2D eigenvalue weighted by molar-refractivity contribution is 0.654. The van der Waals surface area contributed by atoms with E-state index in [2.05, 4.69) is 37.7 Å². The number of hydrogen-bond acceptors (Lipinski definition) is 3. The van der Waals surface area contributed by atoms with E-state index in [1.807, 2.05) is 36.8 Å². The van der Waals surface area contributed by atoms with Crippen LogP contribution in [0.1, 0.15) is 18.7 Å². The van der Waals surface area contributed by atoms with Crippen LogP contribution in [0.2, 0.25) is 0 Å². The number of aryl methyl sites for hydroxylation is 1. The summed E-state index contributed by atoms with van der Waals surface area (Å²) in [4.78, 5) is 4.18. The van der Waals surface area contributed by atoms with Crippen LogP contribution in [0.15, 0.2) is 41.3 Å². The van der Waals surface area contributed by atoms with Crippen molar-refractivity contribution < 1.29 is 0 Å². The van der Waals surface area contributed by atoms with E-state index in [0.717, 1.165) is 22.4 Å². The molecule has 1 aromatic carbocycles. The average molecular weight is 309 g/mol. The Bertz CT molecular complexity index is 509. The number of aromatic nitrogens is 2. The minimum absolute atomic E-state index is 0.0711. The molecule has 4 nitrogen and oxygen atoms in total. The molecule has 5 heteroatoms. The van der Waals surface area contributed by atoms with Crippen molar-refractivity contribution in [3.8, 4) is 0 Å². The molecule has 2 aromatic rings. The third-order valence-electron chi connectivity index (χ3n) is 2.84. The fourth-order valence-corrected chi connectivity index (χ4v) is 2.32. The maximum Gasteiger partial charge on any atom is 0.0948 e. The molecule has 0 amide bonds. The number of rotatable bonds is 5. The molecule has 0 bridgehead atoms. The minimum atomic E-state index is 0.0711. The lowest BCUT2D eigenvalue weighted by atomic mass is 10.2. The van der Waals surface area contributed by atoms with Crippen LogP contribution in [-0.2, 0) is 6.54 Å². The van der Waals surface area contributed by atoms with Crippen LogP contribution in [0.5, 0.6) is 0 Å². The highest BCUT2D eigenvalue weighted by Gasteiger charge is 2.13. The molecule has 18 heavy (non-hydrogen) atoms. The predicted octanol–water partition coefficient (Wildman–Crippen LogP) is 2.78. The van der Waals surface area contributed by atoms with E-state index in [4.69, 9.17) is 5.73 Å². The second kappa shape index (κ2) is 6.02. The van der Waals surface area contributed by atoms with Crippen LogP contribution in [0.25, 0.3) is 0 Å². The molecule has 3 N–H and O–H groups in total. The summed E-state index contributed by atoms with van der Waals surface area (Å²) in [5.41, 5.74) is 8.01. The summed E-state index contributed by atoms with van der Waals surface area (Å²) in [5.74, 6) is 0. The maximum atomic E-state index is 5.86. The van der Waals surface area contributed by atoms with E-state index < -0.39 is 0 Å². The van der Waals surface area contributed by atoms with Gasteiger partial charge in [0, 0.05) is 23.2 Å². The van der Waals surface area contributed by atoms with Crippen LogP contribution in [-0.4, -0.2) is 16.1 Å². The van der Waals surface area contributed by atoms with Gasteiger partial charge in [0.1, 0.15) is 0 Å². The Balaban J connectivity index is 2.20. The van der Waals surface area contributed by atoms with Crippen molar-refractivity contribution in [1.82, 2.24) is 9.55 Å². The number of anilines is 1. The summed E-state index contributed by atoms with van der Waals surface area (Å²) in [5, 5.41) is 3.43. The zero-order valence-electron chi connectivity index (χ0n) is 10.3. The van der Waals surface area contributed by atoms with E-state index in [-0.39, 0.29) is 6.04 Å². The van der Waals surface area contributed by atoms with E-state index in [9.17, 15) is 0 Å². The van der Waals surface area contributed by atoms with Gasteiger partial charge in [0.05, 0.1) is 24.3 Å². The zero-order valence-corrected chi connectivity index (χ0v) is 11.9. The fourth-order valence-electron chi connectivity index (χ4n) is 1.92. The van der Waals surface area contributed by atoms with Crippen molar-refractivity contribution in [2.24, 2.45) is 5.73 Å². The molecule has 0 aliphatic heterocycles. The molecular formula is C13H17BrN4. The van der Waals surface area contributed by atoms with Gasteiger partial charge in [-0.05, 0) is 25.1 Å². The highest BCUT2D eigenvalue weighted by molar-refractivity contribution is 9.10. The van der Waals surface area contributed by atoms with Crippen molar-refractivity contribution in [3.63, 3.8) is 0 Å². The Morgan fingerprint density at radius 3 is 3.00 bits per heavy atom. The molecular weight excluding hydrogens is 292 g/mol. The highest BCUT2D eigenvalue weighted by Crippen LogP contribution is 2.21. The number of nitrogens with one attached hydrogen (secondary N) is 1. The first kappa shape index (κ1) is 13.1. The molecule has 0 aliphatic carbocycles. The summed E-state index contributed by atoms with van der Waals surface area (Å²) >= 11 is 3.46. The summed E-state index contributed by atoms with van der Waals surface area (Å²) in [6, 6.07) is 8.13. The van der Waals surface area contributed by atoms with Gasteiger partial charge < -0.3 is 15.6 Å². The molecule has 96 valence electrons. The van der Waals surface area contributed by atoms with Gasteiger partial charge in [-0.1, -0.05) is 22.0 Å². The molecule has 1 heterocycles. The highest BCUT2D eigenvalue weighted by atomic mass is 79.9. The fraction of sp³-hybridized carbons (Fsp3) is 0.308. The number of nitrogens with two attached hydrogens (primary N) is 1. The first-order valence-electron chi connectivity index (χ1n) is 5.96. The smallest absolute Gasteiger partial charge is 0.0948 e. The summed E-state index contributed by atoms with van der Waals surface area (Å²) in [7, 11) is 0. The van der Waals surface area contributed by atoms with E-state index in [1.165, 1.54) is 0 Å². The predicted molar refractivity (Wildman–Crippen MR) is 77.5 cm³/mol. The third-order valence-corrected chi connectivity index (χ3v) is 3.34. The Morgan fingerprint density at radius 2 is 2.33 bits per heavy atom. The van der Waals surface area contributed by atoms with E-state index in [1.54, 1.807) is 0 Å². The van der Waals surface area contributed by atoms with Gasteiger partial charge in [-0.25, -0.2) is 4.98 Å². The number of imidazole rings is 1. The van der Waals surface area contributed by atoms with Crippen molar-refractivity contribution >= 4 is 21.6 Å². The molecule has 1 unspecified atom stereocenters. The molecule has 0 saturated heterocycles. The van der Waals surface area contributed by atoms with Crippen molar-refractivity contribution in [1.29, 1.82) is 0 Å². The molecule has 0 saturated carbocycles. The molecule has 1 atom stereocenters. The van der Waals surface area contributed by atoms with E-state index in [0.29, 0.717) is 6.54 Å². The van der Waals surface area contributed by atoms with Crippen molar-refractivity contribution in [3.05, 3.63) is 47.0 Å². The lowest BCUT2D eigenvalue weighted by Gasteiger charge is -2.19. The molecule has 0 spiro atoms. The lowest BCUT2D eigenvalue weighted by Crippen LogP contribution is -2.23. The quantitative estimate of drug-likeness (QED) is 0.893. The topological polar surface area (TPSA) is 55.9 Å². The Morgan fingerprint density at radius 1 is 1.50 bits per heavy atom. The third kappa shape index (κ3) is 2.91. The normalized spacial score (nSPS) is 12.4. The number of benzene rings is 1. The van der Waals surface area contributed by atoms with Crippen molar-refractivity contribution in [2.45, 2.75) is 19.5 Å². The second-order valence-electron chi connectivity index (χ2n) is 4.05. The summed E-state index contributed by atoms with van der Waals surface area (Å²) in [6.07, 6.45) is 3.70. The van der Waals surface area contributed by atoms with Gasteiger partial charge >= 0.3 is 0 Å². The van der Waals surface area contributed by atoms with Crippen LogP contribution in [0.3, 0.4) is 0 Å². The van der Waals surface area contributed by atoms with Crippen LogP contribution < -0.4 is 11.1 Å². The summed E-state index contributed by atoms with van der Waals surface area (Å²) in [6.45, 7) is 3.52. The molecule has 1 aromatic heterocycles. The standard InChI is InChI=1S/C13H17BrN4/c1-2-18-9-16-8-13(18)12(7-15)17-11-5-3-4-10(14)6-11/h3-6,8-9,12,17H,2,7,15H2,1H3. The minimum Gasteiger partial charge on any atom is -0.375 e. The van der Waals surface area contributed by atoms with E-state index >= 15 is 0 Å². The molecule has 2 rings (SSSR count). The molecule has 0 aliphatic rings. The van der Waals surface area contributed by atoms with Gasteiger partial charge in [0.2, 0.25) is 0 Å². The maximum absolute atomic E-state index is 5.86. The van der Waals surface area contributed by atoms with Gasteiger partial charge in [-0.3, -0.25) is 0 Å². The molecule has 0 fully saturated rings. The van der Waals surface area contributed by atoms with Gasteiger partial charge in [0.25, 0.3) is 0 Å². The number of halogens is 1. The van der Waals surface area contributed by atoms with Crippen LogP contribution in [0, 0.1) is 0 Å². The number of hydrogen-bond donors (Lipinski definition) is 2. The average Bonchev–Trinajstić information content (AvgIpc) is 2.84. The van der Waals surface area contributed by atoms with Gasteiger partial charge in [0.15, 0.2) is 0 Å². The first-order valence-corrected chi connectivity index (χ1v) is 6.76. The van der Waals surface area contributed by atoms with Crippen LogP contribution in [0.4, 0.5) is 5.69 Å². The monoisotopic (exact) mass is 308 g/mol. The summed E-state index contributed by atoms with van der Waals surface area (Å²) < 4.78 is 3.15. The Labute approximate surface area is 115 Å². The van der Waals surface area contributed by atoms with Crippen LogP contribution >= 0.6 is 15.9 Å². The zero-order chi connectivity index (χ0) is 13.0. The first-order chi connectivity index (χ1) is 8.74. The van der Waals surface area contributed by atoms with Gasteiger partial charge in [-0.2, -0.15) is 0 Å². The second-order valence-corrected chi connectivity index (χ2v) is 4.96. The molecule has 0 radical (unpaired) electrons. The van der Waals surface area contributed by atoms with Gasteiger partial charge in [-0.15, -0.1) is 0 Å².